The van der Waals surface area contributed by atoms with Crippen molar-refractivity contribution in [1.82, 2.24) is 9.80 Å². The zero-order valence-corrected chi connectivity index (χ0v) is 12.0. The topological polar surface area (TPSA) is 6.48 Å². The first-order chi connectivity index (χ1) is 8.86. The van der Waals surface area contributed by atoms with Crippen molar-refractivity contribution in [3.63, 3.8) is 0 Å². The number of hydrogen-bond acceptors (Lipinski definition) is 2. The highest BCUT2D eigenvalue weighted by atomic mass is 31.0. The van der Waals surface area contributed by atoms with Crippen LogP contribution in [0, 0.1) is 5.82 Å². The van der Waals surface area contributed by atoms with E-state index in [1.165, 1.54) is 21.4 Å². The molecule has 0 amide bonds. The van der Waals surface area contributed by atoms with Gasteiger partial charge in [0.05, 0.1) is 12.2 Å². The fourth-order valence-electron chi connectivity index (χ4n) is 2.36. The third kappa shape index (κ3) is 3.91. The van der Waals surface area contributed by atoms with E-state index in [9.17, 15) is 13.2 Å². The maximum Gasteiger partial charge on any atom is 0.286 e. The zero-order chi connectivity index (χ0) is 14.0. The van der Waals surface area contributed by atoms with Gasteiger partial charge in [-0.3, -0.25) is 9.80 Å². The Morgan fingerprint density at radius 1 is 1.32 bits per heavy atom. The van der Waals surface area contributed by atoms with E-state index in [0.29, 0.717) is 6.54 Å². The molecule has 1 saturated heterocycles. The fourth-order valence-corrected chi connectivity index (χ4v) is 2.60. The summed E-state index contributed by atoms with van der Waals surface area (Å²) in [5.74, 6) is -0.845. The number of benzene rings is 1. The average molecular weight is 290 g/mol. The largest absolute Gasteiger partial charge is 0.293 e. The van der Waals surface area contributed by atoms with Gasteiger partial charge >= 0.3 is 0 Å². The molecule has 1 atom stereocenters. The van der Waals surface area contributed by atoms with E-state index < -0.39 is 17.0 Å². The molecule has 0 N–H and O–H groups in total. The Balaban J connectivity index is 2.08. The molecule has 2 rings (SSSR count). The number of halogens is 3. The zero-order valence-electron chi connectivity index (χ0n) is 10.9. The Kier molecular flexibility index (Phi) is 4.49. The van der Waals surface area contributed by atoms with Crippen molar-refractivity contribution in [3.8, 4) is 0 Å². The monoisotopic (exact) mass is 290 g/mol. The van der Waals surface area contributed by atoms with Crippen LogP contribution in [0.3, 0.4) is 0 Å². The van der Waals surface area contributed by atoms with Gasteiger partial charge in [-0.2, -0.15) is 8.78 Å². The molecular weight excluding hydrogens is 272 g/mol. The van der Waals surface area contributed by atoms with Crippen LogP contribution in [0.4, 0.5) is 13.2 Å². The van der Waals surface area contributed by atoms with Crippen molar-refractivity contribution < 1.29 is 13.2 Å². The van der Waals surface area contributed by atoms with Crippen LogP contribution >= 0.6 is 9.24 Å². The first kappa shape index (κ1) is 14.8. The van der Waals surface area contributed by atoms with E-state index in [4.69, 9.17) is 0 Å². The highest BCUT2D eigenvalue weighted by Gasteiger charge is 2.28. The molecule has 0 bridgehead atoms. The summed E-state index contributed by atoms with van der Waals surface area (Å²) in [6.07, 6.45) is 1.07. The lowest BCUT2D eigenvalue weighted by molar-refractivity contribution is 0.0976. The second-order valence-corrected chi connectivity index (χ2v) is 5.79. The van der Waals surface area contributed by atoms with Crippen molar-refractivity contribution in [2.75, 3.05) is 26.8 Å². The third-order valence-corrected chi connectivity index (χ3v) is 3.57. The maximum atomic E-state index is 13.7. The van der Waals surface area contributed by atoms with Gasteiger partial charge in [-0.25, -0.2) is 4.39 Å². The van der Waals surface area contributed by atoms with Crippen LogP contribution < -0.4 is 0 Å². The molecule has 1 fully saturated rings. The summed E-state index contributed by atoms with van der Waals surface area (Å²) in [4.78, 5) is 4.36. The summed E-state index contributed by atoms with van der Waals surface area (Å²) in [6.45, 7) is 3.42. The van der Waals surface area contributed by atoms with Crippen LogP contribution in [-0.4, -0.2) is 36.6 Å². The summed E-state index contributed by atoms with van der Waals surface area (Å²) in [6, 6.07) is 3.96. The van der Waals surface area contributed by atoms with Crippen LogP contribution in [0.2, 0.25) is 0 Å². The molecule has 0 saturated carbocycles. The highest BCUT2D eigenvalue weighted by Crippen LogP contribution is 2.36. The molecule has 0 aromatic heterocycles. The summed E-state index contributed by atoms with van der Waals surface area (Å²) in [7, 11) is 3.40. The third-order valence-electron chi connectivity index (χ3n) is 3.25. The number of hydrogen-bond donors (Lipinski definition) is 0. The first-order valence-corrected chi connectivity index (χ1v) is 6.80. The molecule has 1 aromatic rings. The summed E-state index contributed by atoms with van der Waals surface area (Å²) < 4.78 is 39.8. The molecule has 0 spiro atoms. The smallest absolute Gasteiger partial charge is 0.286 e. The second kappa shape index (κ2) is 5.78. The van der Waals surface area contributed by atoms with Gasteiger partial charge in [-0.1, -0.05) is 15.3 Å². The Bertz CT molecular complexity index is 448. The molecular formula is C13H18F3N2P. The van der Waals surface area contributed by atoms with Gasteiger partial charge < -0.3 is 0 Å². The molecule has 1 aliphatic heterocycles. The Hall–Kier alpha value is -0.640. The Morgan fingerprint density at radius 2 is 2.05 bits per heavy atom. The van der Waals surface area contributed by atoms with Crippen LogP contribution in [-0.2, 0) is 12.2 Å². The molecule has 6 heteroatoms. The van der Waals surface area contributed by atoms with E-state index in [0.717, 1.165) is 31.7 Å². The fraction of sp³-hybridized carbons (Fsp3) is 0.538. The number of nitrogens with zero attached hydrogens (tertiary/aromatic N) is 2. The Labute approximate surface area is 113 Å². The normalized spacial score (nSPS) is 18.8. The molecule has 1 heterocycles. The van der Waals surface area contributed by atoms with Crippen LogP contribution in [0.1, 0.15) is 17.5 Å². The molecule has 0 aliphatic carbocycles. The predicted molar refractivity (Wildman–Crippen MR) is 72.5 cm³/mol. The summed E-state index contributed by atoms with van der Waals surface area (Å²) in [5, 5.41) is 0. The second-order valence-electron chi connectivity index (χ2n) is 5.06. The maximum absolute atomic E-state index is 13.7. The van der Waals surface area contributed by atoms with Gasteiger partial charge in [0.2, 0.25) is 0 Å². The van der Waals surface area contributed by atoms with Crippen LogP contribution in [0.5, 0.6) is 0 Å². The van der Waals surface area contributed by atoms with Crippen LogP contribution in [0.15, 0.2) is 18.2 Å². The van der Waals surface area contributed by atoms with Gasteiger partial charge in [0.15, 0.2) is 0 Å². The number of alkyl halides is 2. The Morgan fingerprint density at radius 3 is 2.63 bits per heavy atom. The first-order valence-electron chi connectivity index (χ1n) is 6.23. The van der Waals surface area contributed by atoms with Crippen molar-refractivity contribution >= 4 is 9.24 Å². The lowest BCUT2D eigenvalue weighted by Crippen LogP contribution is -2.42. The lowest BCUT2D eigenvalue weighted by Gasteiger charge is -2.33. The van der Waals surface area contributed by atoms with Crippen molar-refractivity contribution in [2.45, 2.75) is 18.6 Å². The van der Waals surface area contributed by atoms with E-state index >= 15 is 0 Å². The van der Waals surface area contributed by atoms with Crippen LogP contribution in [0.25, 0.3) is 0 Å². The molecule has 1 aromatic carbocycles. The average Bonchev–Trinajstić information content (AvgIpc) is 2.27. The van der Waals surface area contributed by atoms with E-state index in [-0.39, 0.29) is 0 Å². The van der Waals surface area contributed by atoms with Crippen molar-refractivity contribution in [1.29, 1.82) is 0 Å². The molecule has 19 heavy (non-hydrogen) atoms. The molecule has 2 nitrogen and oxygen atoms in total. The van der Waals surface area contributed by atoms with E-state index in [1.54, 1.807) is 6.07 Å². The summed E-state index contributed by atoms with van der Waals surface area (Å²) in [5.41, 5.74) is -3.06. The SMILES string of the molecule is CN1CCCN(Cc2ccc(C(F)(F)P)c(F)c2)C1. The van der Waals surface area contributed by atoms with Gasteiger partial charge in [0.25, 0.3) is 5.66 Å². The quantitative estimate of drug-likeness (QED) is 0.790. The van der Waals surface area contributed by atoms with Gasteiger partial charge in [-0.15, -0.1) is 0 Å². The minimum Gasteiger partial charge on any atom is -0.293 e. The van der Waals surface area contributed by atoms with Gasteiger partial charge in [0, 0.05) is 19.6 Å². The molecule has 1 unspecified atom stereocenters. The number of rotatable bonds is 3. The minimum absolute atomic E-state index is 0.572. The molecule has 0 radical (unpaired) electrons. The predicted octanol–water partition coefficient (Wildman–Crippen LogP) is 2.85. The lowest BCUT2D eigenvalue weighted by atomic mass is 10.1. The van der Waals surface area contributed by atoms with E-state index in [2.05, 4.69) is 9.80 Å². The summed E-state index contributed by atoms with van der Waals surface area (Å²) >= 11 is 0. The van der Waals surface area contributed by atoms with E-state index in [1.807, 2.05) is 7.05 Å². The standard InChI is InChI=1S/C13H18F3N2P/c1-17-5-2-6-18(9-17)8-10-3-4-11(12(14)7-10)13(15,16)19/h3-4,7H,2,5-6,8-9,19H2,1H3. The minimum atomic E-state index is -3.21. The molecule has 106 valence electrons. The van der Waals surface area contributed by atoms with Gasteiger partial charge in [0.1, 0.15) is 5.82 Å². The highest BCUT2D eigenvalue weighted by molar-refractivity contribution is 7.17. The van der Waals surface area contributed by atoms with Crippen molar-refractivity contribution in [2.24, 2.45) is 0 Å². The molecule has 1 aliphatic rings. The van der Waals surface area contributed by atoms with Crippen molar-refractivity contribution in [3.05, 3.63) is 35.1 Å². The van der Waals surface area contributed by atoms with Gasteiger partial charge in [-0.05, 0) is 31.2 Å².